The van der Waals surface area contributed by atoms with Crippen molar-refractivity contribution < 1.29 is 14.7 Å². The molecule has 1 aliphatic heterocycles. The molecule has 0 aromatic heterocycles. The standard InChI is InChI=1S/C18H30N4O3/c23-13-14-4-5-16(12-14)20-18(25)19-6-7-21-8-10-22(11-9-21)17(24)15-2-1-3-15/h4-5,14-16,23H,1-3,6-13H2,(H2,19,20,25)/t14-,16+/m0/s1. The number of nitrogens with zero attached hydrogens (tertiary/aromatic N) is 2. The van der Waals surface area contributed by atoms with Crippen molar-refractivity contribution in [2.75, 3.05) is 45.9 Å². The van der Waals surface area contributed by atoms with Crippen molar-refractivity contribution in [2.24, 2.45) is 11.8 Å². The fourth-order valence-corrected chi connectivity index (χ4v) is 3.67. The predicted molar refractivity (Wildman–Crippen MR) is 95.0 cm³/mol. The molecule has 2 atom stereocenters. The molecule has 3 N–H and O–H groups in total. The Morgan fingerprint density at radius 3 is 2.48 bits per heavy atom. The first-order valence-electron chi connectivity index (χ1n) is 9.50. The number of nitrogens with one attached hydrogen (secondary N) is 2. The Kier molecular flexibility index (Phi) is 6.31. The zero-order valence-electron chi connectivity index (χ0n) is 14.8. The Labute approximate surface area is 149 Å². The molecule has 0 aromatic rings. The van der Waals surface area contributed by atoms with Crippen molar-refractivity contribution >= 4 is 11.9 Å². The van der Waals surface area contributed by atoms with Gasteiger partial charge >= 0.3 is 6.03 Å². The first kappa shape index (κ1) is 18.2. The lowest BCUT2D eigenvalue weighted by molar-refractivity contribution is -0.139. The molecule has 0 spiro atoms. The van der Waals surface area contributed by atoms with E-state index in [4.69, 9.17) is 5.11 Å². The second-order valence-electron chi connectivity index (χ2n) is 7.36. The maximum Gasteiger partial charge on any atom is 0.315 e. The topological polar surface area (TPSA) is 84.9 Å². The van der Waals surface area contributed by atoms with E-state index in [1.165, 1.54) is 6.42 Å². The molecule has 3 aliphatic rings. The van der Waals surface area contributed by atoms with E-state index in [1.807, 2.05) is 17.1 Å². The molecule has 25 heavy (non-hydrogen) atoms. The van der Waals surface area contributed by atoms with Crippen LogP contribution in [-0.2, 0) is 4.79 Å². The number of carbonyl (C=O) groups is 2. The second kappa shape index (κ2) is 8.67. The van der Waals surface area contributed by atoms with Crippen LogP contribution in [0.2, 0.25) is 0 Å². The van der Waals surface area contributed by atoms with Crippen molar-refractivity contribution in [1.82, 2.24) is 20.4 Å². The highest BCUT2D eigenvalue weighted by Crippen LogP contribution is 2.28. The molecule has 0 radical (unpaired) electrons. The number of aliphatic hydroxyl groups excluding tert-OH is 1. The van der Waals surface area contributed by atoms with Gasteiger partial charge < -0.3 is 20.6 Å². The third kappa shape index (κ3) is 4.95. The van der Waals surface area contributed by atoms with Gasteiger partial charge in [-0.25, -0.2) is 4.79 Å². The van der Waals surface area contributed by atoms with E-state index in [-0.39, 0.29) is 30.5 Å². The third-order valence-electron chi connectivity index (χ3n) is 5.58. The first-order valence-corrected chi connectivity index (χ1v) is 9.50. The number of hydrogen-bond acceptors (Lipinski definition) is 4. The van der Waals surface area contributed by atoms with Gasteiger partial charge in [0.05, 0.1) is 0 Å². The van der Waals surface area contributed by atoms with Gasteiger partial charge in [0.25, 0.3) is 0 Å². The zero-order valence-corrected chi connectivity index (χ0v) is 14.8. The highest BCUT2D eigenvalue weighted by Gasteiger charge is 2.31. The van der Waals surface area contributed by atoms with Crippen molar-refractivity contribution in [3.63, 3.8) is 0 Å². The molecular weight excluding hydrogens is 320 g/mol. The normalized spacial score (nSPS) is 27.2. The summed E-state index contributed by atoms with van der Waals surface area (Å²) in [5.41, 5.74) is 0. The Morgan fingerprint density at radius 1 is 1.12 bits per heavy atom. The van der Waals surface area contributed by atoms with E-state index in [2.05, 4.69) is 15.5 Å². The van der Waals surface area contributed by atoms with Crippen LogP contribution in [0.15, 0.2) is 12.2 Å². The van der Waals surface area contributed by atoms with Gasteiger partial charge in [-0.3, -0.25) is 9.69 Å². The molecule has 7 nitrogen and oxygen atoms in total. The summed E-state index contributed by atoms with van der Waals surface area (Å²) in [5.74, 6) is 0.783. The number of amides is 3. The van der Waals surface area contributed by atoms with Crippen LogP contribution in [0.25, 0.3) is 0 Å². The minimum Gasteiger partial charge on any atom is -0.396 e. The van der Waals surface area contributed by atoms with Crippen LogP contribution in [-0.4, -0.2) is 78.8 Å². The maximum atomic E-state index is 12.2. The Balaban J connectivity index is 1.26. The molecule has 2 aliphatic carbocycles. The molecular formula is C18H30N4O3. The van der Waals surface area contributed by atoms with Gasteiger partial charge in [-0.2, -0.15) is 0 Å². The summed E-state index contributed by atoms with van der Waals surface area (Å²) in [5, 5.41) is 14.9. The number of carbonyl (C=O) groups excluding carboxylic acids is 2. The fourth-order valence-electron chi connectivity index (χ4n) is 3.67. The second-order valence-corrected chi connectivity index (χ2v) is 7.36. The van der Waals surface area contributed by atoms with E-state index in [9.17, 15) is 9.59 Å². The molecule has 3 amide bonds. The summed E-state index contributed by atoms with van der Waals surface area (Å²) in [6, 6.07) is -0.148. The summed E-state index contributed by atoms with van der Waals surface area (Å²) >= 11 is 0. The van der Waals surface area contributed by atoms with Crippen LogP contribution in [0.5, 0.6) is 0 Å². The minimum absolute atomic E-state index is 0.0122. The van der Waals surface area contributed by atoms with Gasteiger partial charge in [-0.05, 0) is 19.3 Å². The Bertz CT molecular complexity index is 499. The lowest BCUT2D eigenvalue weighted by atomic mass is 9.84. The molecule has 7 heteroatoms. The molecule has 0 unspecified atom stereocenters. The molecule has 1 saturated carbocycles. The van der Waals surface area contributed by atoms with E-state index < -0.39 is 0 Å². The third-order valence-corrected chi connectivity index (χ3v) is 5.58. The van der Waals surface area contributed by atoms with Crippen LogP contribution in [0.4, 0.5) is 4.79 Å². The van der Waals surface area contributed by atoms with Crippen molar-refractivity contribution in [1.29, 1.82) is 0 Å². The largest absolute Gasteiger partial charge is 0.396 e. The number of urea groups is 1. The first-order chi connectivity index (χ1) is 12.2. The van der Waals surface area contributed by atoms with Gasteiger partial charge in [0.15, 0.2) is 0 Å². The van der Waals surface area contributed by atoms with Crippen molar-refractivity contribution in [3.8, 4) is 0 Å². The Hall–Kier alpha value is -1.60. The smallest absolute Gasteiger partial charge is 0.315 e. The number of hydrogen-bond donors (Lipinski definition) is 3. The predicted octanol–water partition coefficient (Wildman–Crippen LogP) is 0.167. The van der Waals surface area contributed by atoms with Gasteiger partial charge in [0.2, 0.25) is 5.91 Å². The molecule has 0 bridgehead atoms. The van der Waals surface area contributed by atoms with Crippen LogP contribution < -0.4 is 10.6 Å². The quantitative estimate of drug-likeness (QED) is 0.596. The van der Waals surface area contributed by atoms with E-state index in [0.717, 1.165) is 52.0 Å². The monoisotopic (exact) mass is 350 g/mol. The molecule has 3 rings (SSSR count). The lowest BCUT2D eigenvalue weighted by Crippen LogP contribution is -2.52. The molecule has 0 aromatic carbocycles. The van der Waals surface area contributed by atoms with Gasteiger partial charge in [-0.15, -0.1) is 0 Å². The van der Waals surface area contributed by atoms with E-state index in [0.29, 0.717) is 12.5 Å². The summed E-state index contributed by atoms with van der Waals surface area (Å²) in [7, 11) is 0. The zero-order chi connectivity index (χ0) is 17.6. The van der Waals surface area contributed by atoms with Gasteiger partial charge in [-0.1, -0.05) is 18.6 Å². The maximum absolute atomic E-state index is 12.2. The van der Waals surface area contributed by atoms with Crippen LogP contribution in [0.3, 0.4) is 0 Å². The van der Waals surface area contributed by atoms with Crippen LogP contribution >= 0.6 is 0 Å². The van der Waals surface area contributed by atoms with E-state index >= 15 is 0 Å². The van der Waals surface area contributed by atoms with Crippen LogP contribution in [0.1, 0.15) is 25.7 Å². The molecule has 2 fully saturated rings. The molecule has 140 valence electrons. The molecule has 1 saturated heterocycles. The SMILES string of the molecule is O=C(NCCN1CCN(C(=O)C2CCC2)CC1)N[C@@H]1C=C[C@H](CO)C1. The van der Waals surface area contributed by atoms with Crippen molar-refractivity contribution in [3.05, 3.63) is 12.2 Å². The van der Waals surface area contributed by atoms with Crippen molar-refractivity contribution in [2.45, 2.75) is 31.7 Å². The average molecular weight is 350 g/mol. The summed E-state index contributed by atoms with van der Waals surface area (Å²) in [6.45, 7) is 4.90. The summed E-state index contributed by atoms with van der Waals surface area (Å²) in [4.78, 5) is 28.4. The fraction of sp³-hybridized carbons (Fsp3) is 0.778. The number of piperazine rings is 1. The number of rotatable bonds is 6. The summed E-state index contributed by atoms with van der Waals surface area (Å²) < 4.78 is 0. The average Bonchev–Trinajstić information content (AvgIpc) is 3.01. The summed E-state index contributed by atoms with van der Waals surface area (Å²) in [6.07, 6.45) is 7.98. The lowest BCUT2D eigenvalue weighted by Gasteiger charge is -2.38. The highest BCUT2D eigenvalue weighted by molar-refractivity contribution is 5.79. The van der Waals surface area contributed by atoms with E-state index in [1.54, 1.807) is 0 Å². The molecule has 1 heterocycles. The van der Waals surface area contributed by atoms with Gasteiger partial charge in [0.1, 0.15) is 0 Å². The highest BCUT2D eigenvalue weighted by atomic mass is 16.3. The Morgan fingerprint density at radius 2 is 1.88 bits per heavy atom. The van der Waals surface area contributed by atoms with Crippen LogP contribution in [0, 0.1) is 11.8 Å². The van der Waals surface area contributed by atoms with Gasteiger partial charge in [0, 0.05) is 63.8 Å². The number of aliphatic hydroxyl groups is 1. The minimum atomic E-state index is -0.160.